The summed E-state index contributed by atoms with van der Waals surface area (Å²) in [6.07, 6.45) is 1.61. The van der Waals surface area contributed by atoms with Gasteiger partial charge < -0.3 is 5.73 Å². The quantitative estimate of drug-likeness (QED) is 0.798. The smallest absolute Gasteiger partial charge is 0.134 e. The van der Waals surface area contributed by atoms with E-state index < -0.39 is 0 Å². The molecular weight excluding hydrogens is 248 g/mol. The molecule has 0 saturated carbocycles. The summed E-state index contributed by atoms with van der Waals surface area (Å²) in [6, 6.07) is 11.7. The van der Waals surface area contributed by atoms with E-state index in [0.29, 0.717) is 17.9 Å². The van der Waals surface area contributed by atoms with Gasteiger partial charge in [-0.05, 0) is 11.6 Å². The molecule has 90 valence electrons. The zero-order chi connectivity index (χ0) is 12.5. The first kappa shape index (κ1) is 11.0. The van der Waals surface area contributed by atoms with Gasteiger partial charge in [0, 0.05) is 17.3 Å². The van der Waals surface area contributed by atoms with Crippen LogP contribution in [0.4, 0.5) is 5.69 Å². The van der Waals surface area contributed by atoms with Gasteiger partial charge in [-0.3, -0.25) is 4.42 Å². The van der Waals surface area contributed by atoms with E-state index in [1.165, 1.54) is 0 Å². The topological polar surface area (TPSA) is 55.0 Å². The van der Waals surface area contributed by atoms with E-state index in [-0.39, 0.29) is 0 Å². The Hall–Kier alpha value is -2.07. The van der Waals surface area contributed by atoms with Gasteiger partial charge in [-0.15, -0.1) is 5.10 Å². The van der Waals surface area contributed by atoms with Crippen molar-refractivity contribution in [1.29, 1.82) is 0 Å². The highest BCUT2D eigenvalue weighted by molar-refractivity contribution is 6.28. The van der Waals surface area contributed by atoms with Gasteiger partial charge >= 0.3 is 0 Å². The van der Waals surface area contributed by atoms with Crippen molar-refractivity contribution in [2.75, 3.05) is 11.0 Å². The van der Waals surface area contributed by atoms with Crippen LogP contribution in [0, 0.1) is 0 Å². The van der Waals surface area contributed by atoms with Gasteiger partial charge in [0.2, 0.25) is 0 Å². The van der Waals surface area contributed by atoms with Crippen LogP contribution in [0.2, 0.25) is 0 Å². The Morgan fingerprint density at radius 2 is 1.94 bits per heavy atom. The molecule has 0 atom stereocenters. The monoisotopic (exact) mass is 258 g/mol. The number of anilines is 1. The highest BCUT2D eigenvalue weighted by Crippen LogP contribution is 2.35. The van der Waals surface area contributed by atoms with Gasteiger partial charge in [0.15, 0.2) is 0 Å². The van der Waals surface area contributed by atoms with E-state index in [0.717, 1.165) is 16.8 Å². The van der Waals surface area contributed by atoms with Gasteiger partial charge in [-0.2, -0.15) is 5.10 Å². The van der Waals surface area contributed by atoms with Crippen molar-refractivity contribution >= 4 is 28.7 Å². The molecule has 2 heterocycles. The fraction of sp³-hybridized carbons (Fsp3) is 0.0769. The Labute approximate surface area is 110 Å². The zero-order valence-corrected chi connectivity index (χ0v) is 10.3. The number of hydrogen-bond donors (Lipinski definition) is 1. The average molecular weight is 259 g/mol. The molecule has 18 heavy (non-hydrogen) atoms. The molecule has 1 aliphatic heterocycles. The molecule has 0 fully saturated rings. The number of nitrogens with zero attached hydrogens (tertiary/aromatic N) is 3. The van der Waals surface area contributed by atoms with Crippen LogP contribution in [-0.2, 0) is 0 Å². The van der Waals surface area contributed by atoms with E-state index in [4.69, 9.17) is 17.5 Å². The van der Waals surface area contributed by atoms with Crippen LogP contribution >= 0.6 is 11.8 Å². The normalized spacial score (nSPS) is 14.6. The van der Waals surface area contributed by atoms with Crippen molar-refractivity contribution in [2.45, 2.75) is 0 Å². The molecule has 1 aromatic heterocycles. The molecule has 5 heteroatoms. The number of hydrogen-bond acceptors (Lipinski definition) is 4. The first-order chi connectivity index (χ1) is 8.77. The molecule has 0 bridgehead atoms. The summed E-state index contributed by atoms with van der Waals surface area (Å²) in [4.78, 5) is 0. The first-order valence-corrected chi connectivity index (χ1v) is 5.90. The van der Waals surface area contributed by atoms with E-state index in [1.807, 2.05) is 36.4 Å². The Morgan fingerprint density at radius 1 is 1.17 bits per heavy atom. The second-order valence-electron chi connectivity index (χ2n) is 4.04. The largest absolute Gasteiger partial charge is 0.397 e. The van der Waals surface area contributed by atoms with Crippen LogP contribution in [0.15, 0.2) is 42.6 Å². The van der Waals surface area contributed by atoms with E-state index >= 15 is 0 Å². The fourth-order valence-electron chi connectivity index (χ4n) is 2.05. The number of benzene rings is 1. The Balaban J connectivity index is 2.18. The third-order valence-corrected chi connectivity index (χ3v) is 3.26. The second-order valence-corrected chi connectivity index (χ2v) is 4.45. The molecular formula is C13H11ClN4. The summed E-state index contributed by atoms with van der Waals surface area (Å²) in [5, 5.41) is 7.93. The summed E-state index contributed by atoms with van der Waals surface area (Å²) in [7, 11) is 0. The Bertz CT molecular complexity index is 609. The zero-order valence-electron chi connectivity index (χ0n) is 9.55. The Morgan fingerprint density at radius 3 is 2.72 bits per heavy atom. The van der Waals surface area contributed by atoms with Crippen molar-refractivity contribution in [2.24, 2.45) is 5.73 Å². The van der Waals surface area contributed by atoms with E-state index in [2.05, 4.69) is 10.2 Å². The van der Waals surface area contributed by atoms with E-state index in [1.54, 1.807) is 10.6 Å². The minimum absolute atomic E-state index is 0.552. The summed E-state index contributed by atoms with van der Waals surface area (Å²) in [6.45, 7) is 0.552. The van der Waals surface area contributed by atoms with Gasteiger partial charge in [0.1, 0.15) is 5.69 Å². The predicted octanol–water partition coefficient (Wildman–Crippen LogP) is 2.28. The molecule has 0 spiro atoms. The summed E-state index contributed by atoms with van der Waals surface area (Å²) < 4.78 is 1.61. The number of rotatable bonds is 1. The van der Waals surface area contributed by atoms with Crippen LogP contribution in [0.25, 0.3) is 11.3 Å². The number of nitrogens with two attached hydrogens (primary N) is 1. The standard InChI is InChI=1S/C13H11ClN4/c14-18-8-10(9-4-2-1-3-5-9)12(15)13-11(18)6-7-16-17-13/h1-7H,8,15H2. The molecule has 0 saturated heterocycles. The van der Waals surface area contributed by atoms with Crippen molar-refractivity contribution in [3.05, 3.63) is 53.9 Å². The third kappa shape index (κ3) is 1.71. The number of aromatic nitrogens is 2. The minimum atomic E-state index is 0.552. The summed E-state index contributed by atoms with van der Waals surface area (Å²) >= 11 is 6.23. The minimum Gasteiger partial charge on any atom is -0.397 e. The molecule has 0 unspecified atom stereocenters. The highest BCUT2D eigenvalue weighted by atomic mass is 35.5. The molecule has 1 aromatic carbocycles. The van der Waals surface area contributed by atoms with Crippen molar-refractivity contribution in [3.63, 3.8) is 0 Å². The molecule has 1 aliphatic rings. The van der Waals surface area contributed by atoms with Gasteiger partial charge in [0.25, 0.3) is 0 Å². The molecule has 2 N–H and O–H groups in total. The van der Waals surface area contributed by atoms with Crippen molar-refractivity contribution in [3.8, 4) is 0 Å². The average Bonchev–Trinajstić information content (AvgIpc) is 2.44. The molecule has 0 aliphatic carbocycles. The van der Waals surface area contributed by atoms with Crippen LogP contribution in [-0.4, -0.2) is 16.7 Å². The maximum atomic E-state index is 6.23. The molecule has 2 aromatic rings. The SMILES string of the molecule is NC1=C(c2ccccc2)CN(Cl)c2ccnnc21. The predicted molar refractivity (Wildman–Crippen MR) is 72.7 cm³/mol. The van der Waals surface area contributed by atoms with Gasteiger partial charge in [0.05, 0.1) is 24.1 Å². The van der Waals surface area contributed by atoms with Crippen LogP contribution < -0.4 is 10.2 Å². The van der Waals surface area contributed by atoms with Crippen LogP contribution in [0.5, 0.6) is 0 Å². The second kappa shape index (κ2) is 4.31. The third-order valence-electron chi connectivity index (χ3n) is 2.96. The number of halogens is 1. The lowest BCUT2D eigenvalue weighted by Gasteiger charge is -2.26. The lowest BCUT2D eigenvalue weighted by molar-refractivity contribution is 0.982. The van der Waals surface area contributed by atoms with Crippen LogP contribution in [0.1, 0.15) is 11.3 Å². The van der Waals surface area contributed by atoms with E-state index in [9.17, 15) is 0 Å². The summed E-state index contributed by atoms with van der Waals surface area (Å²) in [5.74, 6) is 0. The molecule has 0 amide bonds. The Kier molecular flexibility index (Phi) is 2.64. The highest BCUT2D eigenvalue weighted by Gasteiger charge is 2.24. The number of fused-ring (bicyclic) bond motifs is 1. The van der Waals surface area contributed by atoms with Gasteiger partial charge in [-0.25, -0.2) is 0 Å². The van der Waals surface area contributed by atoms with Crippen LogP contribution in [0.3, 0.4) is 0 Å². The molecule has 3 rings (SSSR count). The lowest BCUT2D eigenvalue weighted by atomic mass is 9.99. The maximum Gasteiger partial charge on any atom is 0.134 e. The fourth-order valence-corrected chi connectivity index (χ4v) is 2.31. The molecule has 0 radical (unpaired) electrons. The lowest BCUT2D eigenvalue weighted by Crippen LogP contribution is -2.24. The first-order valence-electron chi connectivity index (χ1n) is 5.57. The van der Waals surface area contributed by atoms with Gasteiger partial charge in [-0.1, -0.05) is 30.3 Å². The summed E-state index contributed by atoms with van der Waals surface area (Å²) in [5.41, 5.74) is 10.3. The van der Waals surface area contributed by atoms with Crippen molar-refractivity contribution < 1.29 is 0 Å². The molecule has 4 nitrogen and oxygen atoms in total. The van der Waals surface area contributed by atoms with Crippen molar-refractivity contribution in [1.82, 2.24) is 10.2 Å². The maximum absolute atomic E-state index is 6.23.